The monoisotopic (exact) mass is 423 g/mol. The molecule has 4 rings (SSSR count). The quantitative estimate of drug-likeness (QED) is 0.381. The topological polar surface area (TPSA) is 83.4 Å². The smallest absolute Gasteiger partial charge is 0.301 e. The van der Waals surface area contributed by atoms with Crippen molar-refractivity contribution < 1.29 is 19.1 Å². The van der Waals surface area contributed by atoms with Crippen molar-refractivity contribution >= 4 is 33.9 Å². The van der Waals surface area contributed by atoms with E-state index >= 15 is 0 Å². The van der Waals surface area contributed by atoms with Gasteiger partial charge in [0.15, 0.2) is 0 Å². The average molecular weight is 423 g/mol. The zero-order chi connectivity index (χ0) is 21.4. The lowest BCUT2D eigenvalue weighted by molar-refractivity contribution is -0.132. The maximum atomic E-state index is 13.3. The molecule has 2 aromatic carbocycles. The van der Waals surface area contributed by atoms with E-state index in [1.165, 1.54) is 34.7 Å². The Hall–Kier alpha value is -3.39. The Morgan fingerprint density at radius 3 is 2.33 bits per heavy atom. The number of carbonyl (C=O) groups excluding carboxylic acids is 2. The van der Waals surface area contributed by atoms with Crippen LogP contribution in [0.4, 0.5) is 9.52 Å². The van der Waals surface area contributed by atoms with Gasteiger partial charge in [0.1, 0.15) is 17.1 Å². The number of hydrogen-bond donors (Lipinski definition) is 1. The molecule has 0 radical (unpaired) electrons. The van der Waals surface area contributed by atoms with Crippen molar-refractivity contribution in [2.24, 2.45) is 0 Å². The number of aliphatic hydroxyl groups excluding tert-OH is 1. The molecule has 2 heterocycles. The van der Waals surface area contributed by atoms with Crippen LogP contribution in [0.2, 0.25) is 0 Å². The minimum absolute atomic E-state index is 0.0703. The van der Waals surface area contributed by atoms with Crippen molar-refractivity contribution in [2.45, 2.75) is 25.8 Å². The van der Waals surface area contributed by atoms with Crippen molar-refractivity contribution in [1.82, 2.24) is 10.2 Å². The van der Waals surface area contributed by atoms with Crippen molar-refractivity contribution in [3.05, 3.63) is 82.1 Å². The summed E-state index contributed by atoms with van der Waals surface area (Å²) >= 11 is 1.12. The molecule has 1 N–H and O–H groups in total. The van der Waals surface area contributed by atoms with E-state index < -0.39 is 23.5 Å². The first-order valence-electron chi connectivity index (χ1n) is 9.31. The van der Waals surface area contributed by atoms with Gasteiger partial charge in [0.05, 0.1) is 11.6 Å². The molecule has 8 heteroatoms. The number of carbonyl (C=O) groups is 2. The van der Waals surface area contributed by atoms with Crippen molar-refractivity contribution in [3.63, 3.8) is 0 Å². The van der Waals surface area contributed by atoms with E-state index in [2.05, 4.69) is 24.0 Å². The molecule has 1 aromatic heterocycles. The Morgan fingerprint density at radius 1 is 1.10 bits per heavy atom. The first-order valence-corrected chi connectivity index (χ1v) is 10.2. The molecule has 1 amide bonds. The van der Waals surface area contributed by atoms with Gasteiger partial charge in [0, 0.05) is 5.56 Å². The summed E-state index contributed by atoms with van der Waals surface area (Å²) in [6, 6.07) is 11.7. The second kappa shape index (κ2) is 7.79. The van der Waals surface area contributed by atoms with Gasteiger partial charge in [-0.05, 0) is 41.3 Å². The predicted molar refractivity (Wildman–Crippen MR) is 112 cm³/mol. The molecule has 0 saturated carbocycles. The summed E-state index contributed by atoms with van der Waals surface area (Å²) in [5.41, 5.74) is 3.39. The largest absolute Gasteiger partial charge is 0.507 e. The standard InChI is InChI=1S/C22H18FN3O3S/c1-12(2)13-3-5-14(6-4-13)18-17(19(27)15-7-9-16(23)10-8-15)20(28)21(29)26(18)22-25-24-11-30-22/h3-12,18,27H,1-2H3/b19-17-. The second-order valence-electron chi connectivity index (χ2n) is 7.22. The normalized spacial score (nSPS) is 18.4. The molecule has 0 spiro atoms. The highest BCUT2D eigenvalue weighted by Gasteiger charge is 2.48. The van der Waals surface area contributed by atoms with Crippen molar-refractivity contribution in [2.75, 3.05) is 4.90 Å². The summed E-state index contributed by atoms with van der Waals surface area (Å²) in [6.07, 6.45) is 0. The molecule has 1 aliphatic heterocycles. The fraction of sp³-hybridized carbons (Fsp3) is 0.182. The Kier molecular flexibility index (Phi) is 5.17. The molecule has 0 bridgehead atoms. The van der Waals surface area contributed by atoms with E-state index in [4.69, 9.17) is 0 Å². The number of Topliss-reactive ketones (excluding diaryl/α,β-unsaturated/α-hetero) is 1. The number of benzene rings is 2. The summed E-state index contributed by atoms with van der Waals surface area (Å²) in [4.78, 5) is 27.0. The van der Waals surface area contributed by atoms with Crippen molar-refractivity contribution in [3.8, 4) is 0 Å². The minimum Gasteiger partial charge on any atom is -0.507 e. The third-order valence-electron chi connectivity index (χ3n) is 5.04. The van der Waals surface area contributed by atoms with Crippen LogP contribution in [0.3, 0.4) is 0 Å². The summed E-state index contributed by atoms with van der Waals surface area (Å²) in [5.74, 6) is -2.15. The molecule has 30 heavy (non-hydrogen) atoms. The molecule has 1 saturated heterocycles. The van der Waals surface area contributed by atoms with Gasteiger partial charge in [-0.2, -0.15) is 0 Å². The number of halogens is 1. The van der Waals surface area contributed by atoms with E-state index in [1.54, 1.807) is 0 Å². The van der Waals surface area contributed by atoms with E-state index in [0.717, 1.165) is 16.9 Å². The average Bonchev–Trinajstić information content (AvgIpc) is 3.35. The van der Waals surface area contributed by atoms with Gasteiger partial charge in [0.2, 0.25) is 5.13 Å². The molecular weight excluding hydrogens is 405 g/mol. The first-order chi connectivity index (χ1) is 14.4. The van der Waals surface area contributed by atoms with Crippen molar-refractivity contribution in [1.29, 1.82) is 0 Å². The predicted octanol–water partition coefficient (Wildman–Crippen LogP) is 4.43. The van der Waals surface area contributed by atoms with E-state index in [9.17, 15) is 19.1 Å². The fourth-order valence-corrected chi connectivity index (χ4v) is 4.03. The molecule has 1 aliphatic rings. The summed E-state index contributed by atoms with van der Waals surface area (Å²) < 4.78 is 13.3. The molecule has 3 aromatic rings. The van der Waals surface area contributed by atoms with Crippen LogP contribution < -0.4 is 4.90 Å². The second-order valence-corrected chi connectivity index (χ2v) is 8.03. The Bertz CT molecular complexity index is 1120. The first kappa shape index (κ1) is 19.9. The van der Waals surface area contributed by atoms with Gasteiger partial charge in [-0.1, -0.05) is 49.4 Å². The van der Waals surface area contributed by atoms with Gasteiger partial charge in [-0.3, -0.25) is 14.5 Å². The lowest BCUT2D eigenvalue weighted by atomic mass is 9.93. The number of hydrogen-bond acceptors (Lipinski definition) is 6. The van der Waals surface area contributed by atoms with Gasteiger partial charge < -0.3 is 5.11 Å². The van der Waals surface area contributed by atoms with E-state index in [-0.39, 0.29) is 22.0 Å². The highest BCUT2D eigenvalue weighted by atomic mass is 32.1. The van der Waals surface area contributed by atoms with Gasteiger partial charge >= 0.3 is 5.91 Å². The molecule has 1 atom stereocenters. The third kappa shape index (κ3) is 3.39. The van der Waals surface area contributed by atoms with Gasteiger partial charge in [-0.25, -0.2) is 4.39 Å². The van der Waals surface area contributed by atoms with Crippen LogP contribution in [-0.4, -0.2) is 27.0 Å². The SMILES string of the molecule is CC(C)c1ccc(C2/C(=C(/O)c3ccc(F)cc3)C(=O)C(=O)N2c2nncs2)cc1. The number of rotatable bonds is 4. The maximum absolute atomic E-state index is 13.3. The molecular formula is C22H18FN3O3S. The molecule has 152 valence electrons. The van der Waals surface area contributed by atoms with Crippen LogP contribution in [0.1, 0.15) is 42.5 Å². The summed E-state index contributed by atoms with van der Waals surface area (Å²) in [5, 5.41) is 18.9. The summed E-state index contributed by atoms with van der Waals surface area (Å²) in [6.45, 7) is 4.13. The minimum atomic E-state index is -0.871. The van der Waals surface area contributed by atoms with Crippen LogP contribution in [0, 0.1) is 5.82 Å². The van der Waals surface area contributed by atoms with E-state index in [1.807, 2.05) is 24.3 Å². The molecule has 1 fully saturated rings. The molecule has 1 unspecified atom stereocenters. The third-order valence-corrected chi connectivity index (χ3v) is 5.72. The molecule has 6 nitrogen and oxygen atoms in total. The Balaban J connectivity index is 1.90. The van der Waals surface area contributed by atoms with Crippen LogP contribution in [0.15, 0.2) is 59.6 Å². The maximum Gasteiger partial charge on any atom is 0.301 e. The zero-order valence-corrected chi connectivity index (χ0v) is 17.1. The summed E-state index contributed by atoms with van der Waals surface area (Å²) in [7, 11) is 0. The van der Waals surface area contributed by atoms with Crippen LogP contribution >= 0.6 is 11.3 Å². The van der Waals surface area contributed by atoms with Crippen LogP contribution in [0.25, 0.3) is 5.76 Å². The van der Waals surface area contributed by atoms with Gasteiger partial charge in [-0.15, -0.1) is 10.2 Å². The van der Waals surface area contributed by atoms with Crippen LogP contribution in [-0.2, 0) is 9.59 Å². The fourth-order valence-electron chi connectivity index (χ4n) is 3.44. The number of amides is 1. The number of nitrogens with zero attached hydrogens (tertiary/aromatic N) is 3. The Labute approximate surface area is 176 Å². The van der Waals surface area contributed by atoms with Gasteiger partial charge in [0.25, 0.3) is 5.78 Å². The highest BCUT2D eigenvalue weighted by molar-refractivity contribution is 7.13. The Morgan fingerprint density at radius 2 is 1.77 bits per heavy atom. The zero-order valence-electron chi connectivity index (χ0n) is 16.2. The van der Waals surface area contributed by atoms with E-state index in [0.29, 0.717) is 11.5 Å². The number of ketones is 1. The lowest BCUT2D eigenvalue weighted by Gasteiger charge is -2.23. The number of anilines is 1. The number of aromatic nitrogens is 2. The molecule has 0 aliphatic carbocycles. The highest BCUT2D eigenvalue weighted by Crippen LogP contribution is 2.42. The van der Waals surface area contributed by atoms with Crippen LogP contribution in [0.5, 0.6) is 0 Å². The lowest BCUT2D eigenvalue weighted by Crippen LogP contribution is -2.29. The number of aliphatic hydroxyl groups is 1.